The molecule has 2 amide bonds. The van der Waals surface area contributed by atoms with Crippen LogP contribution in [0.4, 0.5) is 5.69 Å². The van der Waals surface area contributed by atoms with Crippen molar-refractivity contribution < 1.29 is 23.9 Å². The van der Waals surface area contributed by atoms with Crippen LogP contribution in [0.25, 0.3) is 16.3 Å². The van der Waals surface area contributed by atoms with Crippen molar-refractivity contribution in [3.05, 3.63) is 108 Å². The van der Waals surface area contributed by atoms with E-state index in [1.54, 1.807) is 13.2 Å². The highest BCUT2D eigenvalue weighted by Gasteiger charge is 2.60. The summed E-state index contributed by atoms with van der Waals surface area (Å²) in [5, 5.41) is 1.94. The van der Waals surface area contributed by atoms with E-state index in [4.69, 9.17) is 9.47 Å². The van der Waals surface area contributed by atoms with Gasteiger partial charge in [-0.1, -0.05) is 60.7 Å². The van der Waals surface area contributed by atoms with Crippen LogP contribution < -0.4 is 14.4 Å². The first kappa shape index (κ1) is 23.4. The third-order valence-corrected chi connectivity index (χ3v) is 8.24. The maximum atomic E-state index is 14.2. The van der Waals surface area contributed by atoms with E-state index in [9.17, 15) is 14.4 Å². The number of carbonyl (C=O) groups is 3. The average Bonchev–Trinajstić information content (AvgIpc) is 3.22. The lowest BCUT2D eigenvalue weighted by Crippen LogP contribution is -2.42. The fraction of sp³-hybridized carbons (Fsp3) is 0.182. The standard InChI is InChI=1S/C33H25NO5/c1-18-7-14-24-26-17-25(20-9-12-23(38-2)13-10-20)28-30(29(26)33(37)39-27(24)15-18)32(36)34(31(28)35)22-11-8-19-5-3-4-6-21(19)16-22/h3-17,25,28-30H,1-2H3/t25-,28+,29-,30+/m0/s1. The predicted octanol–water partition coefficient (Wildman–Crippen LogP) is 5.68. The SMILES string of the molecule is COc1ccc([C@@H]2C=C3c4ccc(C)cc4OC(=O)[C@@H]3[C@@H]3C(=O)N(c4ccc5ccccc5c4)C(=O)[C@@H]32)cc1. The zero-order valence-electron chi connectivity index (χ0n) is 21.5. The molecular formula is C33H25NO5. The molecule has 0 N–H and O–H groups in total. The topological polar surface area (TPSA) is 72.9 Å². The summed E-state index contributed by atoms with van der Waals surface area (Å²) in [6.45, 7) is 1.94. The Kier molecular flexibility index (Phi) is 5.20. The van der Waals surface area contributed by atoms with Crippen LogP contribution in [0.15, 0.2) is 91.0 Å². The molecule has 0 saturated carbocycles. The third kappa shape index (κ3) is 3.52. The smallest absolute Gasteiger partial charge is 0.319 e. The molecule has 0 spiro atoms. The number of fused-ring (bicyclic) bond motifs is 6. The van der Waals surface area contributed by atoms with Crippen LogP contribution in [0.1, 0.15) is 22.6 Å². The van der Waals surface area contributed by atoms with E-state index in [1.807, 2.05) is 91.9 Å². The molecule has 4 aromatic carbocycles. The molecule has 0 unspecified atom stereocenters. The second-order valence-corrected chi connectivity index (χ2v) is 10.4. The molecule has 0 aromatic heterocycles. The number of hydrogen-bond acceptors (Lipinski definition) is 5. The summed E-state index contributed by atoms with van der Waals surface area (Å²) in [7, 11) is 1.60. The number of ether oxygens (including phenoxy) is 2. The number of aryl methyl sites for hydroxylation is 1. The van der Waals surface area contributed by atoms with Gasteiger partial charge in [-0.3, -0.25) is 14.4 Å². The van der Waals surface area contributed by atoms with Crippen molar-refractivity contribution in [2.45, 2.75) is 12.8 Å². The average molecular weight is 516 g/mol. The van der Waals surface area contributed by atoms with Crippen molar-refractivity contribution >= 4 is 39.8 Å². The maximum Gasteiger partial charge on any atom is 0.319 e. The zero-order chi connectivity index (χ0) is 26.8. The molecule has 39 heavy (non-hydrogen) atoms. The van der Waals surface area contributed by atoms with E-state index in [-0.39, 0.29) is 11.8 Å². The molecule has 7 rings (SSSR count). The fourth-order valence-corrected chi connectivity index (χ4v) is 6.39. The van der Waals surface area contributed by atoms with Gasteiger partial charge in [0.1, 0.15) is 11.5 Å². The van der Waals surface area contributed by atoms with Gasteiger partial charge in [-0.2, -0.15) is 0 Å². The molecule has 0 radical (unpaired) electrons. The Morgan fingerprint density at radius 3 is 2.31 bits per heavy atom. The van der Waals surface area contributed by atoms with Crippen molar-refractivity contribution in [2.75, 3.05) is 12.0 Å². The Bertz CT molecular complexity index is 1720. The Morgan fingerprint density at radius 2 is 1.54 bits per heavy atom. The summed E-state index contributed by atoms with van der Waals surface area (Å²) in [4.78, 5) is 43.1. The summed E-state index contributed by atoms with van der Waals surface area (Å²) in [5.41, 5.74) is 3.88. The number of allylic oxidation sites excluding steroid dienone is 1. The van der Waals surface area contributed by atoms with Gasteiger partial charge in [-0.15, -0.1) is 0 Å². The van der Waals surface area contributed by atoms with Crippen molar-refractivity contribution in [2.24, 2.45) is 17.8 Å². The predicted molar refractivity (Wildman–Crippen MR) is 147 cm³/mol. The van der Waals surface area contributed by atoms with Crippen LogP contribution in [0.5, 0.6) is 11.5 Å². The molecule has 1 fully saturated rings. The molecule has 1 aliphatic carbocycles. The number of benzene rings is 4. The number of methoxy groups -OCH3 is 1. The number of hydrogen-bond donors (Lipinski definition) is 0. The molecule has 0 bridgehead atoms. The van der Waals surface area contributed by atoms with Gasteiger partial charge in [0.15, 0.2) is 0 Å². The van der Waals surface area contributed by atoms with E-state index in [2.05, 4.69) is 0 Å². The Balaban J connectivity index is 1.40. The second kappa shape index (κ2) is 8.67. The zero-order valence-corrected chi connectivity index (χ0v) is 21.5. The van der Waals surface area contributed by atoms with Crippen LogP contribution in [0.2, 0.25) is 0 Å². The number of imide groups is 1. The first-order valence-electron chi connectivity index (χ1n) is 13.0. The summed E-state index contributed by atoms with van der Waals surface area (Å²) in [6, 6.07) is 26.7. The van der Waals surface area contributed by atoms with Crippen LogP contribution >= 0.6 is 0 Å². The van der Waals surface area contributed by atoms with Crippen LogP contribution in [-0.2, 0) is 14.4 Å². The fourth-order valence-electron chi connectivity index (χ4n) is 6.39. The monoisotopic (exact) mass is 515 g/mol. The molecule has 4 aromatic rings. The minimum absolute atomic E-state index is 0.307. The van der Waals surface area contributed by atoms with E-state index in [0.717, 1.165) is 33.0 Å². The van der Waals surface area contributed by atoms with Gasteiger partial charge in [-0.25, -0.2) is 4.90 Å². The highest BCUT2D eigenvalue weighted by Crippen LogP contribution is 2.54. The summed E-state index contributed by atoms with van der Waals surface area (Å²) < 4.78 is 11.1. The number of amides is 2. The van der Waals surface area contributed by atoms with Crippen molar-refractivity contribution in [1.29, 1.82) is 0 Å². The lowest BCUT2D eigenvalue weighted by Gasteiger charge is -2.38. The van der Waals surface area contributed by atoms with Crippen LogP contribution in [0, 0.1) is 24.7 Å². The number of anilines is 1. The van der Waals surface area contributed by atoms with Crippen LogP contribution in [-0.4, -0.2) is 24.9 Å². The number of esters is 1. The van der Waals surface area contributed by atoms with E-state index in [0.29, 0.717) is 17.2 Å². The molecule has 6 nitrogen and oxygen atoms in total. The molecule has 2 aliphatic heterocycles. The Labute approximate surface area is 225 Å². The minimum atomic E-state index is -0.877. The van der Waals surface area contributed by atoms with Gasteiger partial charge in [0.25, 0.3) is 0 Å². The number of nitrogens with zero attached hydrogens (tertiary/aromatic N) is 1. The Hall–Kier alpha value is -4.71. The van der Waals surface area contributed by atoms with Gasteiger partial charge in [0.2, 0.25) is 11.8 Å². The molecular weight excluding hydrogens is 490 g/mol. The van der Waals surface area contributed by atoms with Gasteiger partial charge in [0.05, 0.1) is 30.6 Å². The lowest BCUT2D eigenvalue weighted by molar-refractivity contribution is -0.142. The van der Waals surface area contributed by atoms with Crippen molar-refractivity contribution in [1.82, 2.24) is 0 Å². The van der Waals surface area contributed by atoms with Crippen LogP contribution in [0.3, 0.4) is 0 Å². The third-order valence-electron chi connectivity index (χ3n) is 8.24. The maximum absolute atomic E-state index is 14.2. The number of rotatable bonds is 3. The van der Waals surface area contributed by atoms with E-state index < -0.39 is 29.6 Å². The first-order valence-corrected chi connectivity index (χ1v) is 13.0. The number of carbonyl (C=O) groups excluding carboxylic acids is 3. The second-order valence-electron chi connectivity index (χ2n) is 10.4. The Morgan fingerprint density at radius 1 is 0.795 bits per heavy atom. The molecule has 2 heterocycles. The normalized spacial score (nSPS) is 23.6. The molecule has 1 saturated heterocycles. The van der Waals surface area contributed by atoms with Crippen molar-refractivity contribution in [3.63, 3.8) is 0 Å². The molecule has 6 heteroatoms. The minimum Gasteiger partial charge on any atom is -0.497 e. The highest BCUT2D eigenvalue weighted by molar-refractivity contribution is 6.25. The first-order chi connectivity index (χ1) is 18.9. The van der Waals surface area contributed by atoms with Gasteiger partial charge in [-0.05, 0) is 64.7 Å². The highest BCUT2D eigenvalue weighted by atomic mass is 16.5. The van der Waals surface area contributed by atoms with Crippen molar-refractivity contribution in [3.8, 4) is 11.5 Å². The largest absolute Gasteiger partial charge is 0.497 e. The van der Waals surface area contributed by atoms with E-state index in [1.165, 1.54) is 4.90 Å². The molecule has 192 valence electrons. The van der Waals surface area contributed by atoms with E-state index >= 15 is 0 Å². The van der Waals surface area contributed by atoms with Gasteiger partial charge >= 0.3 is 5.97 Å². The molecule has 4 atom stereocenters. The van der Waals surface area contributed by atoms with Gasteiger partial charge < -0.3 is 9.47 Å². The summed E-state index contributed by atoms with van der Waals surface area (Å²) in [5.74, 6) is -2.88. The molecule has 3 aliphatic rings. The van der Waals surface area contributed by atoms with Gasteiger partial charge in [0, 0.05) is 11.5 Å². The quantitative estimate of drug-likeness (QED) is 0.199. The summed E-state index contributed by atoms with van der Waals surface area (Å²) in [6.07, 6.45) is 2.00. The lowest BCUT2D eigenvalue weighted by atomic mass is 9.64. The summed E-state index contributed by atoms with van der Waals surface area (Å²) >= 11 is 0.